The molecule has 4 heteroatoms. The molecular weight excluding hydrogens is 424 g/mol. The van der Waals surface area contributed by atoms with E-state index in [9.17, 15) is 9.90 Å². The summed E-state index contributed by atoms with van der Waals surface area (Å²) in [4.78, 5) is 11.0. The molecule has 0 amide bonds. The molecule has 0 heterocycles. The first-order valence-electron chi connectivity index (χ1n) is 14.2. The van der Waals surface area contributed by atoms with Crippen LogP contribution in [0.3, 0.4) is 0 Å². The highest BCUT2D eigenvalue weighted by Crippen LogP contribution is 2.71. The molecule has 0 aromatic carbocycles. The van der Waals surface area contributed by atoms with Gasteiger partial charge in [-0.25, -0.2) is 4.79 Å². The van der Waals surface area contributed by atoms with Crippen molar-refractivity contribution in [1.82, 2.24) is 0 Å². The highest BCUT2D eigenvalue weighted by Gasteiger charge is 2.64. The molecule has 34 heavy (non-hydrogen) atoms. The Bertz CT molecular complexity index is 750. The molecule has 0 aromatic rings. The summed E-state index contributed by atoms with van der Waals surface area (Å²) in [6.07, 6.45) is 15.6. The number of carboxylic acid groups (broad SMARTS) is 1. The van der Waals surface area contributed by atoms with E-state index in [0.29, 0.717) is 29.3 Å². The Morgan fingerprint density at radius 2 is 1.62 bits per heavy atom. The van der Waals surface area contributed by atoms with Gasteiger partial charge in [0.15, 0.2) is 0 Å². The molecule has 5 saturated carbocycles. The number of carboxylic acids is 1. The molecule has 10 atom stereocenters. The van der Waals surface area contributed by atoms with Crippen molar-refractivity contribution in [1.29, 1.82) is 0 Å². The van der Waals surface area contributed by atoms with Crippen LogP contribution in [0.4, 0.5) is 0 Å². The Labute approximate surface area is 207 Å². The molecule has 0 aliphatic heterocycles. The molecule has 5 aliphatic rings. The van der Waals surface area contributed by atoms with Crippen molar-refractivity contribution in [2.45, 2.75) is 104 Å². The van der Waals surface area contributed by atoms with E-state index in [-0.39, 0.29) is 18.1 Å². The number of aliphatic carboxylic acids is 1. The van der Waals surface area contributed by atoms with Crippen LogP contribution in [0.1, 0.15) is 98.3 Å². The lowest BCUT2D eigenvalue weighted by atomic mass is 9.37. The van der Waals surface area contributed by atoms with Gasteiger partial charge in [-0.1, -0.05) is 33.3 Å². The van der Waals surface area contributed by atoms with Crippen LogP contribution in [0.2, 0.25) is 0 Å². The Morgan fingerprint density at radius 3 is 2.32 bits per heavy atom. The van der Waals surface area contributed by atoms with Gasteiger partial charge in [0.25, 0.3) is 0 Å². The topological polar surface area (TPSA) is 66.8 Å². The van der Waals surface area contributed by atoms with Crippen LogP contribution in [0.5, 0.6) is 0 Å². The number of fused-ring (bicyclic) bond motifs is 7. The van der Waals surface area contributed by atoms with Crippen LogP contribution in [0.25, 0.3) is 0 Å². The first-order chi connectivity index (χ1) is 16.1. The van der Waals surface area contributed by atoms with Gasteiger partial charge in [0, 0.05) is 0 Å². The molecule has 4 nitrogen and oxygen atoms in total. The third-order valence-corrected chi connectivity index (χ3v) is 11.9. The summed E-state index contributed by atoms with van der Waals surface area (Å²) in [5.41, 5.74) is 1.07. The van der Waals surface area contributed by atoms with Gasteiger partial charge in [-0.15, -0.1) is 6.58 Å². The summed E-state index contributed by atoms with van der Waals surface area (Å²) >= 11 is 0. The van der Waals surface area contributed by atoms with Crippen LogP contribution in [0.15, 0.2) is 12.7 Å². The van der Waals surface area contributed by atoms with Crippen molar-refractivity contribution < 1.29 is 19.7 Å². The molecule has 10 unspecified atom stereocenters. The molecule has 0 bridgehead atoms. The first kappa shape index (κ1) is 26.2. The molecule has 0 spiro atoms. The van der Waals surface area contributed by atoms with E-state index in [0.717, 1.165) is 30.1 Å². The van der Waals surface area contributed by atoms with Gasteiger partial charge >= 0.3 is 5.97 Å². The number of allylic oxidation sites excluding steroid dienone is 1. The number of ether oxygens (including phenoxy) is 1. The van der Waals surface area contributed by atoms with E-state index >= 15 is 0 Å². The van der Waals surface area contributed by atoms with Gasteiger partial charge in [-0.3, -0.25) is 0 Å². The van der Waals surface area contributed by atoms with Crippen LogP contribution >= 0.6 is 0 Å². The molecule has 0 saturated heterocycles. The summed E-state index contributed by atoms with van der Waals surface area (Å²) in [5, 5.41) is 19.6. The Morgan fingerprint density at radius 1 is 0.971 bits per heavy atom. The second-order valence-corrected chi connectivity index (χ2v) is 13.2. The molecule has 5 fully saturated rings. The fraction of sp³-hybridized carbons (Fsp3) is 0.900. The maximum atomic E-state index is 11.0. The van der Waals surface area contributed by atoms with Crippen molar-refractivity contribution in [2.75, 3.05) is 13.2 Å². The number of aliphatic hydroxyl groups is 1. The maximum Gasteiger partial charge on any atom is 0.329 e. The lowest BCUT2D eigenvalue weighted by Crippen LogP contribution is -2.61. The largest absolute Gasteiger partial charge is 0.480 e. The monoisotopic (exact) mass is 474 g/mol. The van der Waals surface area contributed by atoms with Crippen molar-refractivity contribution in [2.24, 2.45) is 51.8 Å². The maximum absolute atomic E-state index is 11.0. The molecule has 2 N–H and O–H groups in total. The fourth-order valence-electron chi connectivity index (χ4n) is 10.6. The van der Waals surface area contributed by atoms with Gasteiger partial charge in [-0.05, 0) is 123 Å². The van der Waals surface area contributed by atoms with E-state index in [1.807, 2.05) is 6.92 Å². The third-order valence-electron chi connectivity index (χ3n) is 11.9. The molecule has 5 rings (SSSR count). The van der Waals surface area contributed by atoms with Gasteiger partial charge < -0.3 is 14.9 Å². The number of carbonyl (C=O) groups is 1. The normalized spacial score (nSPS) is 49.4. The predicted molar refractivity (Wildman–Crippen MR) is 136 cm³/mol. The van der Waals surface area contributed by atoms with Crippen LogP contribution < -0.4 is 0 Å². The van der Waals surface area contributed by atoms with Crippen LogP contribution in [-0.4, -0.2) is 35.5 Å². The molecule has 0 aromatic heterocycles. The Kier molecular flexibility index (Phi) is 7.62. The smallest absolute Gasteiger partial charge is 0.329 e. The van der Waals surface area contributed by atoms with E-state index in [4.69, 9.17) is 9.84 Å². The van der Waals surface area contributed by atoms with Crippen molar-refractivity contribution in [3.05, 3.63) is 12.7 Å². The van der Waals surface area contributed by atoms with Crippen LogP contribution in [-0.2, 0) is 9.53 Å². The predicted octanol–water partition coefficient (Wildman–Crippen LogP) is 6.72. The standard InChI is InChI=1S/C27H44O4.C3H6/c1-17-19-8-12-26(3)20-9-14-27(16-31-15-24(29)30)11-4-5-21(27)18(20)6-7-23(26)25(19,2)13-10-22(17)28;1-3-2/h17-23,28H,4-16H2,1-3H3,(H,29,30);3H,1H2,2H3. The number of rotatable bonds is 4. The SMILES string of the molecule is C=CC.CC1C(O)CCC2(C)C1CCC1(C)C3CCC4(COCC(=O)O)CCCC4C3CCC21. The third kappa shape index (κ3) is 4.19. The Hall–Kier alpha value is -0.870. The molecular formula is C30H50O4. The molecule has 5 aliphatic carbocycles. The van der Waals surface area contributed by atoms with E-state index in [1.165, 1.54) is 64.2 Å². The van der Waals surface area contributed by atoms with Gasteiger partial charge in [0.1, 0.15) is 6.61 Å². The number of aliphatic hydroxyl groups excluding tert-OH is 1. The highest BCUT2D eigenvalue weighted by molar-refractivity contribution is 5.68. The second-order valence-electron chi connectivity index (χ2n) is 13.2. The minimum Gasteiger partial charge on any atom is -0.480 e. The lowest BCUT2D eigenvalue weighted by Gasteiger charge is -2.67. The number of hydrogen-bond donors (Lipinski definition) is 2. The van der Waals surface area contributed by atoms with E-state index in [1.54, 1.807) is 6.08 Å². The first-order valence-corrected chi connectivity index (χ1v) is 14.2. The zero-order chi connectivity index (χ0) is 24.7. The van der Waals surface area contributed by atoms with Gasteiger partial charge in [-0.2, -0.15) is 0 Å². The van der Waals surface area contributed by atoms with E-state index < -0.39 is 5.97 Å². The lowest BCUT2D eigenvalue weighted by molar-refractivity contribution is -0.198. The minimum atomic E-state index is -0.843. The highest BCUT2D eigenvalue weighted by atomic mass is 16.5. The Balaban J connectivity index is 0.000000868. The zero-order valence-corrected chi connectivity index (χ0v) is 22.2. The van der Waals surface area contributed by atoms with E-state index in [2.05, 4.69) is 27.4 Å². The van der Waals surface area contributed by atoms with Crippen molar-refractivity contribution in [3.63, 3.8) is 0 Å². The quantitative estimate of drug-likeness (QED) is 0.444. The van der Waals surface area contributed by atoms with Gasteiger partial charge in [0.2, 0.25) is 0 Å². The summed E-state index contributed by atoms with van der Waals surface area (Å²) in [6, 6.07) is 0. The zero-order valence-electron chi connectivity index (χ0n) is 22.2. The van der Waals surface area contributed by atoms with Crippen molar-refractivity contribution in [3.8, 4) is 0 Å². The minimum absolute atomic E-state index is 0.0987. The summed E-state index contributed by atoms with van der Waals surface area (Å²) in [5.74, 6) is 3.44. The average Bonchev–Trinajstić information content (AvgIpc) is 3.21. The average molecular weight is 475 g/mol. The fourth-order valence-corrected chi connectivity index (χ4v) is 10.6. The molecule has 0 radical (unpaired) electrons. The van der Waals surface area contributed by atoms with Crippen molar-refractivity contribution >= 4 is 5.97 Å². The molecule has 194 valence electrons. The second kappa shape index (κ2) is 9.88. The summed E-state index contributed by atoms with van der Waals surface area (Å²) < 4.78 is 5.74. The number of hydrogen-bond acceptors (Lipinski definition) is 3. The summed E-state index contributed by atoms with van der Waals surface area (Å²) in [6.45, 7) is 13.3. The van der Waals surface area contributed by atoms with Gasteiger partial charge in [0.05, 0.1) is 12.7 Å². The summed E-state index contributed by atoms with van der Waals surface area (Å²) in [7, 11) is 0. The van der Waals surface area contributed by atoms with Crippen LogP contribution in [0, 0.1) is 51.8 Å².